The van der Waals surface area contributed by atoms with Crippen molar-refractivity contribution in [2.45, 2.75) is 13.8 Å². The number of ether oxygens (including phenoxy) is 1. The standard InChI is InChI=1S/C19H14N6O/c1-12-18(13(2)22-10-21-12)16-6-5-15(8-14(16)9-20)26-19-17-4-3-7-25(17)24-11-23-19/h3-8,10-11H,1-2H3. The lowest BCUT2D eigenvalue weighted by Gasteiger charge is -2.12. The van der Waals surface area contributed by atoms with Crippen LogP contribution in [0.4, 0.5) is 0 Å². The molecule has 0 spiro atoms. The van der Waals surface area contributed by atoms with Gasteiger partial charge in [0, 0.05) is 28.7 Å². The normalized spacial score (nSPS) is 10.7. The van der Waals surface area contributed by atoms with E-state index in [4.69, 9.17) is 4.74 Å². The maximum Gasteiger partial charge on any atom is 0.247 e. The number of rotatable bonds is 3. The summed E-state index contributed by atoms with van der Waals surface area (Å²) in [4.78, 5) is 12.7. The zero-order chi connectivity index (χ0) is 18.1. The second kappa shape index (κ2) is 6.26. The van der Waals surface area contributed by atoms with E-state index in [-0.39, 0.29) is 0 Å². The minimum Gasteiger partial charge on any atom is -0.437 e. The average Bonchev–Trinajstić information content (AvgIpc) is 3.12. The van der Waals surface area contributed by atoms with E-state index in [9.17, 15) is 5.26 Å². The number of hydrogen-bond donors (Lipinski definition) is 0. The molecule has 7 nitrogen and oxygen atoms in total. The molecule has 7 heteroatoms. The summed E-state index contributed by atoms with van der Waals surface area (Å²) in [7, 11) is 0. The Balaban J connectivity index is 1.77. The Morgan fingerprint density at radius 3 is 2.62 bits per heavy atom. The fourth-order valence-electron chi connectivity index (χ4n) is 2.91. The van der Waals surface area contributed by atoms with Gasteiger partial charge in [-0.3, -0.25) is 0 Å². The van der Waals surface area contributed by atoms with Crippen molar-refractivity contribution in [1.82, 2.24) is 24.6 Å². The van der Waals surface area contributed by atoms with Gasteiger partial charge in [0.1, 0.15) is 23.9 Å². The van der Waals surface area contributed by atoms with Gasteiger partial charge in [-0.15, -0.1) is 0 Å². The predicted octanol–water partition coefficient (Wildman–Crippen LogP) is 3.47. The van der Waals surface area contributed by atoms with Crippen LogP contribution in [-0.4, -0.2) is 24.6 Å². The summed E-state index contributed by atoms with van der Waals surface area (Å²) in [5.74, 6) is 0.955. The first-order chi connectivity index (χ1) is 12.7. The van der Waals surface area contributed by atoms with Crippen molar-refractivity contribution in [2.24, 2.45) is 0 Å². The monoisotopic (exact) mass is 342 g/mol. The number of benzene rings is 1. The zero-order valence-corrected chi connectivity index (χ0v) is 14.2. The first-order valence-corrected chi connectivity index (χ1v) is 7.96. The van der Waals surface area contributed by atoms with Crippen molar-refractivity contribution in [2.75, 3.05) is 0 Å². The van der Waals surface area contributed by atoms with Crippen LogP contribution in [0.3, 0.4) is 0 Å². The summed E-state index contributed by atoms with van der Waals surface area (Å²) in [6.45, 7) is 3.81. The van der Waals surface area contributed by atoms with Crippen LogP contribution in [0.25, 0.3) is 16.6 Å². The van der Waals surface area contributed by atoms with Gasteiger partial charge < -0.3 is 4.74 Å². The fourth-order valence-corrected chi connectivity index (χ4v) is 2.91. The molecule has 26 heavy (non-hydrogen) atoms. The number of nitriles is 1. The van der Waals surface area contributed by atoms with Crippen LogP contribution >= 0.6 is 0 Å². The zero-order valence-electron chi connectivity index (χ0n) is 14.2. The number of aromatic nitrogens is 5. The van der Waals surface area contributed by atoms with Crippen molar-refractivity contribution in [3.8, 4) is 28.8 Å². The van der Waals surface area contributed by atoms with E-state index < -0.39 is 0 Å². The molecule has 0 radical (unpaired) electrons. The summed E-state index contributed by atoms with van der Waals surface area (Å²) in [5.41, 5.74) is 4.54. The molecule has 126 valence electrons. The highest BCUT2D eigenvalue weighted by Crippen LogP contribution is 2.32. The van der Waals surface area contributed by atoms with Crippen molar-refractivity contribution in [1.29, 1.82) is 5.26 Å². The second-order valence-electron chi connectivity index (χ2n) is 5.74. The molecular formula is C19H14N6O. The topological polar surface area (TPSA) is 89.0 Å². The Kier molecular flexibility index (Phi) is 3.78. The van der Waals surface area contributed by atoms with E-state index in [1.165, 1.54) is 12.7 Å². The van der Waals surface area contributed by atoms with Crippen LogP contribution in [0.5, 0.6) is 11.6 Å². The molecule has 0 N–H and O–H groups in total. The van der Waals surface area contributed by atoms with Gasteiger partial charge in [0.15, 0.2) is 0 Å². The molecular weight excluding hydrogens is 328 g/mol. The van der Waals surface area contributed by atoms with E-state index >= 15 is 0 Å². The summed E-state index contributed by atoms with van der Waals surface area (Å²) in [6.07, 6.45) is 4.76. The van der Waals surface area contributed by atoms with Gasteiger partial charge >= 0.3 is 0 Å². The first kappa shape index (κ1) is 15.7. The van der Waals surface area contributed by atoms with Crippen molar-refractivity contribution >= 4 is 5.52 Å². The van der Waals surface area contributed by atoms with Gasteiger partial charge in [0.05, 0.1) is 11.6 Å². The van der Waals surface area contributed by atoms with E-state index in [1.54, 1.807) is 10.6 Å². The highest BCUT2D eigenvalue weighted by Gasteiger charge is 2.14. The van der Waals surface area contributed by atoms with Crippen LogP contribution in [-0.2, 0) is 0 Å². The lowest BCUT2D eigenvalue weighted by atomic mass is 9.98. The van der Waals surface area contributed by atoms with Crippen molar-refractivity contribution in [3.63, 3.8) is 0 Å². The lowest BCUT2D eigenvalue weighted by molar-refractivity contribution is 0.463. The van der Waals surface area contributed by atoms with E-state index in [0.29, 0.717) is 17.2 Å². The van der Waals surface area contributed by atoms with Crippen molar-refractivity contribution < 1.29 is 4.74 Å². The van der Waals surface area contributed by atoms with Crippen LogP contribution in [0.15, 0.2) is 49.2 Å². The average molecular weight is 342 g/mol. The fraction of sp³-hybridized carbons (Fsp3) is 0.105. The van der Waals surface area contributed by atoms with Gasteiger partial charge in [-0.25, -0.2) is 14.5 Å². The molecule has 0 amide bonds. The molecule has 0 aliphatic rings. The Bertz CT molecular complexity index is 1140. The number of aryl methyl sites for hydroxylation is 2. The van der Waals surface area contributed by atoms with Gasteiger partial charge in [-0.05, 0) is 44.2 Å². The van der Waals surface area contributed by atoms with E-state index in [2.05, 4.69) is 26.1 Å². The summed E-state index contributed by atoms with van der Waals surface area (Å²) in [5, 5.41) is 13.7. The maximum atomic E-state index is 9.61. The smallest absolute Gasteiger partial charge is 0.247 e. The van der Waals surface area contributed by atoms with E-state index in [0.717, 1.165) is 28.0 Å². The Morgan fingerprint density at radius 1 is 1.04 bits per heavy atom. The molecule has 3 aromatic heterocycles. The number of fused-ring (bicyclic) bond motifs is 1. The molecule has 0 atom stereocenters. The van der Waals surface area contributed by atoms with Crippen LogP contribution in [0.1, 0.15) is 17.0 Å². The second-order valence-corrected chi connectivity index (χ2v) is 5.74. The molecule has 0 bridgehead atoms. The van der Waals surface area contributed by atoms with Crippen LogP contribution < -0.4 is 4.74 Å². The van der Waals surface area contributed by atoms with Crippen LogP contribution in [0.2, 0.25) is 0 Å². The molecule has 4 aromatic rings. The maximum absolute atomic E-state index is 9.61. The van der Waals surface area contributed by atoms with Gasteiger partial charge in [-0.1, -0.05) is 0 Å². The minimum atomic E-state index is 0.428. The van der Waals surface area contributed by atoms with Gasteiger partial charge in [-0.2, -0.15) is 15.3 Å². The Morgan fingerprint density at radius 2 is 1.85 bits per heavy atom. The number of hydrogen-bond acceptors (Lipinski definition) is 6. The Hall–Kier alpha value is -3.79. The summed E-state index contributed by atoms with van der Waals surface area (Å²) < 4.78 is 7.57. The molecule has 4 rings (SSSR count). The predicted molar refractivity (Wildman–Crippen MR) is 94.7 cm³/mol. The molecule has 0 unspecified atom stereocenters. The molecule has 0 saturated carbocycles. The quantitative estimate of drug-likeness (QED) is 0.566. The third-order valence-electron chi connectivity index (χ3n) is 4.12. The molecule has 0 saturated heterocycles. The highest BCUT2D eigenvalue weighted by molar-refractivity contribution is 5.75. The molecule has 0 fully saturated rings. The SMILES string of the molecule is Cc1ncnc(C)c1-c1ccc(Oc2ncnn3cccc23)cc1C#N. The summed E-state index contributed by atoms with van der Waals surface area (Å²) >= 11 is 0. The van der Waals surface area contributed by atoms with Crippen LogP contribution in [0, 0.1) is 25.2 Å². The Labute approximate surface area is 149 Å². The van der Waals surface area contributed by atoms with Gasteiger partial charge in [0.25, 0.3) is 0 Å². The third kappa shape index (κ3) is 2.63. The molecule has 0 aliphatic heterocycles. The molecule has 3 heterocycles. The van der Waals surface area contributed by atoms with E-state index in [1.807, 2.05) is 44.3 Å². The third-order valence-corrected chi connectivity index (χ3v) is 4.12. The van der Waals surface area contributed by atoms with Crippen molar-refractivity contribution in [3.05, 3.63) is 66.1 Å². The highest BCUT2D eigenvalue weighted by atomic mass is 16.5. The lowest BCUT2D eigenvalue weighted by Crippen LogP contribution is -1.98. The first-order valence-electron chi connectivity index (χ1n) is 7.96. The summed E-state index contributed by atoms with van der Waals surface area (Å²) in [6, 6.07) is 11.3. The largest absolute Gasteiger partial charge is 0.437 e. The molecule has 1 aromatic carbocycles. The minimum absolute atomic E-state index is 0.428. The van der Waals surface area contributed by atoms with Gasteiger partial charge in [0.2, 0.25) is 5.88 Å². The number of nitrogens with zero attached hydrogens (tertiary/aromatic N) is 6. The molecule has 0 aliphatic carbocycles.